The number of para-hydroxylation sites is 2. The van der Waals surface area contributed by atoms with Gasteiger partial charge in [-0.1, -0.05) is 54.6 Å². The Morgan fingerprint density at radius 3 is 2.69 bits per heavy atom. The van der Waals surface area contributed by atoms with E-state index in [0.29, 0.717) is 17.6 Å². The van der Waals surface area contributed by atoms with Crippen molar-refractivity contribution in [2.75, 3.05) is 0 Å². The van der Waals surface area contributed by atoms with Crippen LogP contribution in [0.15, 0.2) is 91.3 Å². The molecule has 2 atom stereocenters. The predicted molar refractivity (Wildman–Crippen MR) is 105 cm³/mol. The highest BCUT2D eigenvalue weighted by molar-refractivity contribution is 5.82. The van der Waals surface area contributed by atoms with E-state index in [1.807, 2.05) is 30.6 Å². The quantitative estimate of drug-likeness (QED) is 0.711. The molecule has 26 heavy (non-hydrogen) atoms. The summed E-state index contributed by atoms with van der Waals surface area (Å²) in [5.41, 5.74) is 5.69. The number of rotatable bonds is 2. The Bertz CT molecular complexity index is 1100. The molecule has 0 aliphatic heterocycles. The topological polar surface area (TPSA) is 38.0 Å². The molecule has 0 amide bonds. The second-order valence-corrected chi connectivity index (χ2v) is 6.71. The summed E-state index contributed by atoms with van der Waals surface area (Å²) in [5.74, 6) is 0.894. The van der Waals surface area contributed by atoms with E-state index in [0.717, 1.165) is 16.6 Å². The van der Waals surface area contributed by atoms with Gasteiger partial charge >= 0.3 is 0 Å². The molecule has 0 radical (unpaired) electrons. The smallest absolute Gasteiger partial charge is 0.115 e. The van der Waals surface area contributed by atoms with Crippen molar-refractivity contribution in [1.29, 1.82) is 0 Å². The van der Waals surface area contributed by atoms with Gasteiger partial charge in [-0.15, -0.1) is 0 Å². The van der Waals surface area contributed by atoms with Gasteiger partial charge in [0.2, 0.25) is 0 Å². The number of nitrogens with zero attached hydrogens (tertiary/aromatic N) is 2. The predicted octanol–water partition coefficient (Wildman–Crippen LogP) is 5.04. The van der Waals surface area contributed by atoms with Crippen LogP contribution in [0.3, 0.4) is 0 Å². The lowest BCUT2D eigenvalue weighted by Gasteiger charge is -2.29. The van der Waals surface area contributed by atoms with Crippen LogP contribution in [0.25, 0.3) is 22.3 Å². The number of hydrogen-bond donors (Lipinski definition) is 1. The first-order valence-corrected chi connectivity index (χ1v) is 8.80. The summed E-state index contributed by atoms with van der Waals surface area (Å²) in [5, 5.41) is 9.50. The molecular weight excluding hydrogens is 320 g/mol. The number of phenolic OH excluding ortho intramolecular Hbond substituents is 1. The average molecular weight is 338 g/mol. The molecule has 0 saturated carbocycles. The van der Waals surface area contributed by atoms with Gasteiger partial charge in [-0.2, -0.15) is 0 Å². The molecule has 126 valence electrons. The van der Waals surface area contributed by atoms with Gasteiger partial charge in [0.25, 0.3) is 0 Å². The molecule has 0 spiro atoms. The first kappa shape index (κ1) is 15.0. The summed E-state index contributed by atoms with van der Waals surface area (Å²) in [4.78, 5) is 4.54. The summed E-state index contributed by atoms with van der Waals surface area (Å²) >= 11 is 0. The number of aromatic hydroxyl groups is 1. The van der Waals surface area contributed by atoms with E-state index >= 15 is 0 Å². The normalized spacial score (nSPS) is 21.4. The van der Waals surface area contributed by atoms with E-state index in [1.54, 1.807) is 12.1 Å². The zero-order valence-corrected chi connectivity index (χ0v) is 14.2. The largest absolute Gasteiger partial charge is 0.508 e. The monoisotopic (exact) mass is 338 g/mol. The Hall–Kier alpha value is -3.33. The third-order valence-electron chi connectivity index (χ3n) is 5.14. The Kier molecular flexibility index (Phi) is 3.39. The molecule has 0 saturated heterocycles. The highest BCUT2D eigenvalue weighted by atomic mass is 16.3. The van der Waals surface area contributed by atoms with Crippen molar-refractivity contribution < 1.29 is 5.11 Å². The van der Waals surface area contributed by atoms with Gasteiger partial charge in [-0.05, 0) is 41.5 Å². The van der Waals surface area contributed by atoms with Gasteiger partial charge in [0.15, 0.2) is 0 Å². The van der Waals surface area contributed by atoms with Crippen LogP contribution in [0.2, 0.25) is 0 Å². The Morgan fingerprint density at radius 2 is 1.81 bits per heavy atom. The summed E-state index contributed by atoms with van der Waals surface area (Å²) in [6.45, 7) is 0. The second-order valence-electron chi connectivity index (χ2n) is 6.71. The van der Waals surface area contributed by atoms with E-state index in [4.69, 9.17) is 0 Å². The summed E-state index contributed by atoms with van der Waals surface area (Å²) in [6, 6.07) is 15.6. The molecule has 1 heterocycles. The lowest BCUT2D eigenvalue weighted by atomic mass is 9.79. The van der Waals surface area contributed by atoms with Gasteiger partial charge in [-0.25, -0.2) is 4.98 Å². The molecule has 1 aromatic heterocycles. The number of allylic oxidation sites excluding steroid dienone is 8. The third kappa shape index (κ3) is 2.40. The Labute approximate surface area is 151 Å². The molecule has 0 fully saturated rings. The van der Waals surface area contributed by atoms with Crippen LogP contribution in [-0.2, 0) is 0 Å². The maximum absolute atomic E-state index is 9.50. The molecule has 3 heteroatoms. The highest BCUT2D eigenvalue weighted by Gasteiger charge is 2.26. The van der Waals surface area contributed by atoms with Crippen LogP contribution in [0.4, 0.5) is 0 Å². The molecule has 1 N–H and O–H groups in total. The van der Waals surface area contributed by atoms with Gasteiger partial charge in [-0.3, -0.25) is 0 Å². The number of benzene rings is 2. The number of fused-ring (bicyclic) bond motifs is 2. The van der Waals surface area contributed by atoms with Gasteiger partial charge < -0.3 is 9.67 Å². The van der Waals surface area contributed by atoms with Gasteiger partial charge in [0.1, 0.15) is 12.1 Å². The molecule has 3 nitrogen and oxygen atoms in total. The Balaban J connectivity index is 1.52. The lowest BCUT2D eigenvalue weighted by molar-refractivity contribution is 0.475. The summed E-state index contributed by atoms with van der Waals surface area (Å²) < 4.78 is 2.19. The first-order valence-electron chi connectivity index (χ1n) is 8.80. The number of aromatic nitrogens is 2. The van der Waals surface area contributed by atoms with Crippen molar-refractivity contribution in [3.05, 3.63) is 96.9 Å². The molecule has 2 aliphatic carbocycles. The molecule has 5 rings (SSSR count). The highest BCUT2D eigenvalue weighted by Crippen LogP contribution is 2.38. The number of imidazole rings is 1. The minimum atomic E-state index is 0.290. The van der Waals surface area contributed by atoms with Gasteiger partial charge in [0.05, 0.1) is 11.0 Å². The van der Waals surface area contributed by atoms with Crippen LogP contribution < -0.4 is 0 Å². The molecule has 2 aromatic carbocycles. The average Bonchev–Trinajstić information content (AvgIpc) is 3.12. The molecule has 3 aromatic rings. The second kappa shape index (κ2) is 5.88. The van der Waals surface area contributed by atoms with E-state index in [9.17, 15) is 5.11 Å². The van der Waals surface area contributed by atoms with Crippen LogP contribution in [0.5, 0.6) is 5.75 Å². The fourth-order valence-corrected chi connectivity index (χ4v) is 3.82. The molecule has 2 aliphatic rings. The molecule has 0 bridgehead atoms. The van der Waals surface area contributed by atoms with Crippen LogP contribution >= 0.6 is 0 Å². The zero-order chi connectivity index (χ0) is 17.5. The van der Waals surface area contributed by atoms with Crippen molar-refractivity contribution >= 4 is 22.3 Å². The fraction of sp³-hybridized carbons (Fsp3) is 0.0870. The molecule has 2 unspecified atom stereocenters. The van der Waals surface area contributed by atoms with Gasteiger partial charge in [0, 0.05) is 17.5 Å². The Morgan fingerprint density at radius 1 is 0.962 bits per heavy atom. The van der Waals surface area contributed by atoms with Crippen molar-refractivity contribution in [2.24, 2.45) is 11.8 Å². The fourth-order valence-electron chi connectivity index (χ4n) is 3.82. The summed E-state index contributed by atoms with van der Waals surface area (Å²) in [6.07, 6.45) is 15.2. The number of phenols is 1. The minimum Gasteiger partial charge on any atom is -0.508 e. The van der Waals surface area contributed by atoms with Crippen LogP contribution in [0, 0.1) is 11.8 Å². The van der Waals surface area contributed by atoms with Crippen molar-refractivity contribution in [3.63, 3.8) is 0 Å². The third-order valence-corrected chi connectivity index (χ3v) is 5.14. The van der Waals surface area contributed by atoms with Crippen molar-refractivity contribution in [1.82, 2.24) is 9.55 Å². The van der Waals surface area contributed by atoms with E-state index in [-0.39, 0.29) is 0 Å². The standard InChI is InChI=1S/C23H18N2O/c26-19-11-8-16(9-12-19)17-10-13-20-18(14-17)4-3-7-22(20)25-15-24-21-5-1-2-6-23(21)25/h1-15,18,20,26H. The minimum absolute atomic E-state index is 0.290. The number of hydrogen-bond acceptors (Lipinski definition) is 2. The lowest BCUT2D eigenvalue weighted by Crippen LogP contribution is -2.19. The molecular formula is C23H18N2O. The van der Waals surface area contributed by atoms with E-state index < -0.39 is 0 Å². The van der Waals surface area contributed by atoms with Crippen molar-refractivity contribution in [2.45, 2.75) is 0 Å². The summed E-state index contributed by atoms with van der Waals surface area (Å²) in [7, 11) is 0. The van der Waals surface area contributed by atoms with E-state index in [1.165, 1.54) is 11.3 Å². The maximum atomic E-state index is 9.50. The first-order chi connectivity index (χ1) is 12.8. The zero-order valence-electron chi connectivity index (χ0n) is 14.2. The van der Waals surface area contributed by atoms with E-state index in [2.05, 4.69) is 58.1 Å². The SMILES string of the molecule is Oc1ccc(C2=CC3C=CC=C(n4cnc5ccccc54)C3C=C2)cc1. The van der Waals surface area contributed by atoms with Crippen LogP contribution in [-0.4, -0.2) is 14.7 Å². The van der Waals surface area contributed by atoms with Crippen LogP contribution in [0.1, 0.15) is 5.56 Å². The maximum Gasteiger partial charge on any atom is 0.115 e. The van der Waals surface area contributed by atoms with Crippen molar-refractivity contribution in [3.8, 4) is 5.75 Å².